The Bertz CT molecular complexity index is 768. The molecule has 0 aliphatic carbocycles. The average molecular weight is 342 g/mol. The lowest BCUT2D eigenvalue weighted by Crippen LogP contribution is -2.37. The van der Waals surface area contributed by atoms with Gasteiger partial charge in [0.25, 0.3) is 0 Å². The second-order valence-corrected chi connectivity index (χ2v) is 6.72. The van der Waals surface area contributed by atoms with Crippen molar-refractivity contribution in [1.82, 2.24) is 19.4 Å². The van der Waals surface area contributed by atoms with Crippen LogP contribution < -0.4 is 0 Å². The predicted molar refractivity (Wildman–Crippen MR) is 97.1 cm³/mol. The third kappa shape index (κ3) is 4.00. The number of imidazole rings is 1. The Balaban J connectivity index is 1.61. The molecule has 6 nitrogen and oxygen atoms in total. The van der Waals surface area contributed by atoms with Crippen LogP contribution in [0, 0.1) is 0 Å². The molecule has 1 aliphatic heterocycles. The molecule has 0 radical (unpaired) electrons. The van der Waals surface area contributed by atoms with Crippen LogP contribution >= 0.6 is 0 Å². The number of amides is 2. The lowest BCUT2D eigenvalue weighted by molar-refractivity contribution is -0.133. The molecule has 134 valence electrons. The zero-order chi connectivity index (χ0) is 17.8. The SMILES string of the molecule is CCCC(=O)N1CCCN(C(=O)Cc2ccc3c(c2)ncn3C)CC1. The van der Waals surface area contributed by atoms with E-state index in [2.05, 4.69) is 4.98 Å². The molecule has 0 bridgehead atoms. The fourth-order valence-corrected chi connectivity index (χ4v) is 3.37. The molecule has 2 aromatic rings. The first kappa shape index (κ1) is 17.5. The van der Waals surface area contributed by atoms with Gasteiger partial charge in [-0.2, -0.15) is 0 Å². The number of benzene rings is 1. The normalized spacial score (nSPS) is 15.4. The third-order valence-corrected chi connectivity index (χ3v) is 4.81. The molecule has 2 amide bonds. The van der Waals surface area contributed by atoms with Crippen molar-refractivity contribution in [1.29, 1.82) is 0 Å². The van der Waals surface area contributed by atoms with Gasteiger partial charge in [0.15, 0.2) is 0 Å². The fraction of sp³-hybridized carbons (Fsp3) is 0.526. The van der Waals surface area contributed by atoms with E-state index in [0.29, 0.717) is 25.9 Å². The van der Waals surface area contributed by atoms with Crippen LogP contribution in [0.5, 0.6) is 0 Å². The molecule has 3 rings (SSSR count). The molecule has 0 atom stereocenters. The topological polar surface area (TPSA) is 58.4 Å². The maximum Gasteiger partial charge on any atom is 0.227 e. The standard InChI is InChI=1S/C19H26N4O2/c1-3-5-18(24)22-8-4-9-23(11-10-22)19(25)13-15-6-7-17-16(12-15)20-14-21(17)2/h6-7,12,14H,3-5,8-11,13H2,1-2H3. The molecule has 0 spiro atoms. The Hall–Kier alpha value is -2.37. The lowest BCUT2D eigenvalue weighted by Gasteiger charge is -2.22. The molecule has 1 aromatic heterocycles. The maximum absolute atomic E-state index is 12.7. The minimum absolute atomic E-state index is 0.125. The molecule has 1 fully saturated rings. The second kappa shape index (κ2) is 7.68. The van der Waals surface area contributed by atoms with E-state index in [1.54, 1.807) is 6.33 Å². The second-order valence-electron chi connectivity index (χ2n) is 6.72. The van der Waals surface area contributed by atoms with Crippen molar-refractivity contribution in [3.05, 3.63) is 30.1 Å². The summed E-state index contributed by atoms with van der Waals surface area (Å²) in [4.78, 5) is 32.9. The van der Waals surface area contributed by atoms with E-state index >= 15 is 0 Å². The van der Waals surface area contributed by atoms with Crippen molar-refractivity contribution in [3.63, 3.8) is 0 Å². The van der Waals surface area contributed by atoms with E-state index in [4.69, 9.17) is 0 Å². The zero-order valence-electron chi connectivity index (χ0n) is 15.1. The Morgan fingerprint density at radius 2 is 1.80 bits per heavy atom. The number of hydrogen-bond donors (Lipinski definition) is 0. The van der Waals surface area contributed by atoms with Crippen LogP contribution in [0.4, 0.5) is 0 Å². The highest BCUT2D eigenvalue weighted by atomic mass is 16.2. The monoisotopic (exact) mass is 342 g/mol. The molecule has 1 saturated heterocycles. The van der Waals surface area contributed by atoms with Gasteiger partial charge in [-0.15, -0.1) is 0 Å². The highest BCUT2D eigenvalue weighted by Crippen LogP contribution is 2.15. The molecule has 0 unspecified atom stereocenters. The van der Waals surface area contributed by atoms with E-state index < -0.39 is 0 Å². The van der Waals surface area contributed by atoms with Crippen molar-refractivity contribution in [2.75, 3.05) is 26.2 Å². The molecule has 0 saturated carbocycles. The number of fused-ring (bicyclic) bond motifs is 1. The first-order valence-electron chi connectivity index (χ1n) is 9.04. The number of carbonyl (C=O) groups is 2. The number of aromatic nitrogens is 2. The molecule has 1 aromatic carbocycles. The molecule has 0 N–H and O–H groups in total. The van der Waals surface area contributed by atoms with E-state index in [1.165, 1.54) is 0 Å². The Morgan fingerprint density at radius 1 is 1.08 bits per heavy atom. The summed E-state index contributed by atoms with van der Waals surface area (Å²) >= 11 is 0. The molecular weight excluding hydrogens is 316 g/mol. The summed E-state index contributed by atoms with van der Waals surface area (Å²) in [6.07, 6.45) is 4.48. The minimum atomic E-state index is 0.125. The average Bonchev–Trinajstić information content (AvgIpc) is 2.82. The number of carbonyl (C=O) groups excluding carboxylic acids is 2. The Morgan fingerprint density at radius 3 is 2.52 bits per heavy atom. The molecular formula is C19H26N4O2. The van der Waals surface area contributed by atoms with Crippen molar-refractivity contribution in [3.8, 4) is 0 Å². The highest BCUT2D eigenvalue weighted by Gasteiger charge is 2.21. The van der Waals surface area contributed by atoms with Gasteiger partial charge in [-0.3, -0.25) is 9.59 Å². The van der Waals surface area contributed by atoms with Crippen LogP contribution in [0.3, 0.4) is 0 Å². The van der Waals surface area contributed by atoms with Crippen molar-refractivity contribution >= 4 is 22.8 Å². The summed E-state index contributed by atoms with van der Waals surface area (Å²) in [6.45, 7) is 4.76. The summed E-state index contributed by atoms with van der Waals surface area (Å²) < 4.78 is 1.97. The van der Waals surface area contributed by atoms with Gasteiger partial charge in [0.2, 0.25) is 11.8 Å². The zero-order valence-corrected chi connectivity index (χ0v) is 15.1. The van der Waals surface area contributed by atoms with E-state index in [9.17, 15) is 9.59 Å². The van der Waals surface area contributed by atoms with E-state index in [1.807, 2.05) is 46.5 Å². The molecule has 1 aliphatic rings. The summed E-state index contributed by atoms with van der Waals surface area (Å²) in [5, 5.41) is 0. The first-order chi connectivity index (χ1) is 12.1. The van der Waals surface area contributed by atoms with Crippen LogP contribution in [0.2, 0.25) is 0 Å². The van der Waals surface area contributed by atoms with Gasteiger partial charge in [0, 0.05) is 39.6 Å². The van der Waals surface area contributed by atoms with Gasteiger partial charge in [-0.05, 0) is 30.5 Å². The van der Waals surface area contributed by atoms with Gasteiger partial charge < -0.3 is 14.4 Å². The van der Waals surface area contributed by atoms with Crippen LogP contribution in [-0.2, 0) is 23.1 Å². The summed E-state index contributed by atoms with van der Waals surface area (Å²) in [5.41, 5.74) is 2.97. The number of aryl methyl sites for hydroxylation is 1. The van der Waals surface area contributed by atoms with Gasteiger partial charge in [0.05, 0.1) is 23.8 Å². The van der Waals surface area contributed by atoms with Crippen molar-refractivity contribution < 1.29 is 9.59 Å². The number of rotatable bonds is 4. The quantitative estimate of drug-likeness (QED) is 0.854. The van der Waals surface area contributed by atoms with Crippen molar-refractivity contribution in [2.45, 2.75) is 32.6 Å². The van der Waals surface area contributed by atoms with Gasteiger partial charge in [-0.25, -0.2) is 4.98 Å². The van der Waals surface area contributed by atoms with Gasteiger partial charge in [-0.1, -0.05) is 13.0 Å². The fourth-order valence-electron chi connectivity index (χ4n) is 3.37. The highest BCUT2D eigenvalue weighted by molar-refractivity contribution is 5.82. The lowest BCUT2D eigenvalue weighted by atomic mass is 10.1. The molecule has 2 heterocycles. The summed E-state index contributed by atoms with van der Waals surface area (Å²) in [6, 6.07) is 6.00. The van der Waals surface area contributed by atoms with Crippen LogP contribution in [0.15, 0.2) is 24.5 Å². The van der Waals surface area contributed by atoms with Crippen LogP contribution in [0.25, 0.3) is 11.0 Å². The molecule has 25 heavy (non-hydrogen) atoms. The summed E-state index contributed by atoms with van der Waals surface area (Å²) in [7, 11) is 1.96. The van der Waals surface area contributed by atoms with E-state index in [-0.39, 0.29) is 11.8 Å². The van der Waals surface area contributed by atoms with Gasteiger partial charge >= 0.3 is 0 Å². The first-order valence-corrected chi connectivity index (χ1v) is 9.04. The smallest absolute Gasteiger partial charge is 0.227 e. The predicted octanol–water partition coefficient (Wildman–Crippen LogP) is 1.98. The minimum Gasteiger partial charge on any atom is -0.341 e. The van der Waals surface area contributed by atoms with Crippen LogP contribution in [-0.4, -0.2) is 57.3 Å². The summed E-state index contributed by atoms with van der Waals surface area (Å²) in [5.74, 6) is 0.331. The molecule has 6 heteroatoms. The number of hydrogen-bond acceptors (Lipinski definition) is 3. The van der Waals surface area contributed by atoms with E-state index in [0.717, 1.165) is 42.5 Å². The van der Waals surface area contributed by atoms with Gasteiger partial charge in [0.1, 0.15) is 0 Å². The van der Waals surface area contributed by atoms with Crippen LogP contribution in [0.1, 0.15) is 31.7 Å². The largest absolute Gasteiger partial charge is 0.341 e. The maximum atomic E-state index is 12.7. The number of nitrogens with zero attached hydrogens (tertiary/aromatic N) is 4. The Kier molecular flexibility index (Phi) is 5.36. The Labute approximate surface area is 148 Å². The van der Waals surface area contributed by atoms with Crippen molar-refractivity contribution in [2.24, 2.45) is 7.05 Å². The third-order valence-electron chi connectivity index (χ3n) is 4.81.